The fraction of sp³-hybridized carbons (Fsp3) is 0.296. The molecular weight excluding hydrogens is 430 g/mol. The summed E-state index contributed by atoms with van der Waals surface area (Å²) in [5.74, 6) is -0.267. The molecular formula is C27H27N3O2S. The summed E-state index contributed by atoms with van der Waals surface area (Å²) in [6, 6.07) is 16.2. The Balaban J connectivity index is 1.63. The van der Waals surface area contributed by atoms with E-state index in [1.807, 2.05) is 63.2 Å². The van der Waals surface area contributed by atoms with Crippen LogP contribution in [-0.2, 0) is 9.59 Å². The SMILES string of the molecule is Cc1ccc(C)c(NC(=O)CSC2=C(C#N)[C@@H](c3ccccc3C)C3=C(CCCC3=O)N2)c1. The summed E-state index contributed by atoms with van der Waals surface area (Å²) >= 11 is 1.32. The highest BCUT2D eigenvalue weighted by Crippen LogP contribution is 2.44. The Bertz CT molecular complexity index is 1240. The molecule has 4 rings (SSSR count). The number of carbonyl (C=O) groups is 2. The molecule has 1 amide bonds. The number of hydrogen-bond acceptors (Lipinski definition) is 5. The molecule has 0 fully saturated rings. The second-order valence-corrected chi connectivity index (χ2v) is 9.58. The largest absolute Gasteiger partial charge is 0.352 e. The maximum absolute atomic E-state index is 12.9. The number of anilines is 1. The van der Waals surface area contributed by atoms with Gasteiger partial charge in [-0.25, -0.2) is 0 Å². The summed E-state index contributed by atoms with van der Waals surface area (Å²) in [6.45, 7) is 5.95. The zero-order valence-electron chi connectivity index (χ0n) is 19.1. The van der Waals surface area contributed by atoms with Crippen molar-refractivity contribution in [2.45, 2.75) is 46.0 Å². The number of aryl methyl sites for hydroxylation is 3. The van der Waals surface area contributed by atoms with Crippen molar-refractivity contribution in [1.82, 2.24) is 5.32 Å². The van der Waals surface area contributed by atoms with Gasteiger partial charge in [0.1, 0.15) is 0 Å². The van der Waals surface area contributed by atoms with E-state index in [4.69, 9.17) is 0 Å². The van der Waals surface area contributed by atoms with Crippen molar-refractivity contribution in [3.05, 3.63) is 86.6 Å². The average molecular weight is 458 g/mol. The first-order chi connectivity index (χ1) is 15.9. The molecule has 2 aromatic rings. The molecule has 6 heteroatoms. The molecule has 1 atom stereocenters. The number of thioether (sulfide) groups is 1. The van der Waals surface area contributed by atoms with Gasteiger partial charge in [0.2, 0.25) is 5.91 Å². The van der Waals surface area contributed by atoms with E-state index >= 15 is 0 Å². The molecule has 0 saturated heterocycles. The molecule has 168 valence electrons. The molecule has 0 spiro atoms. The van der Waals surface area contributed by atoms with E-state index in [2.05, 4.69) is 16.7 Å². The van der Waals surface area contributed by atoms with E-state index in [0.29, 0.717) is 22.6 Å². The Hall–Kier alpha value is -3.30. The maximum atomic E-state index is 12.9. The minimum Gasteiger partial charge on any atom is -0.352 e. The summed E-state index contributed by atoms with van der Waals surface area (Å²) in [4.78, 5) is 25.6. The van der Waals surface area contributed by atoms with Gasteiger partial charge in [-0.15, -0.1) is 0 Å². The monoisotopic (exact) mass is 457 g/mol. The van der Waals surface area contributed by atoms with Gasteiger partial charge in [-0.05, 0) is 61.9 Å². The number of rotatable bonds is 5. The number of carbonyl (C=O) groups excluding carboxylic acids is 2. The lowest BCUT2D eigenvalue weighted by Crippen LogP contribution is -2.32. The third-order valence-corrected chi connectivity index (χ3v) is 7.19. The van der Waals surface area contributed by atoms with Gasteiger partial charge in [0.25, 0.3) is 0 Å². The molecule has 1 aliphatic carbocycles. The van der Waals surface area contributed by atoms with Crippen LogP contribution in [0.25, 0.3) is 0 Å². The van der Waals surface area contributed by atoms with Crippen LogP contribution < -0.4 is 10.6 Å². The smallest absolute Gasteiger partial charge is 0.234 e. The van der Waals surface area contributed by atoms with Crippen LogP contribution in [0.15, 0.2) is 64.3 Å². The van der Waals surface area contributed by atoms with Crippen LogP contribution >= 0.6 is 11.8 Å². The second-order valence-electron chi connectivity index (χ2n) is 8.59. The zero-order chi connectivity index (χ0) is 23.5. The molecule has 2 aromatic carbocycles. The summed E-state index contributed by atoms with van der Waals surface area (Å²) in [7, 11) is 0. The zero-order valence-corrected chi connectivity index (χ0v) is 19.9. The topological polar surface area (TPSA) is 82.0 Å². The van der Waals surface area contributed by atoms with Crippen molar-refractivity contribution in [1.29, 1.82) is 5.26 Å². The van der Waals surface area contributed by atoms with E-state index in [-0.39, 0.29) is 17.4 Å². The van der Waals surface area contributed by atoms with E-state index < -0.39 is 5.92 Å². The standard InChI is InChI=1S/C27H27N3O2S/c1-16-11-12-18(3)22(13-16)29-24(32)15-33-27-20(14-28)25(19-8-5-4-7-17(19)2)26-21(30-27)9-6-10-23(26)31/h4-5,7-8,11-13,25,30H,6,9-10,15H2,1-3H3,(H,29,32)/t25-/m1/s1. The predicted octanol–water partition coefficient (Wildman–Crippen LogP) is 5.41. The number of amides is 1. The predicted molar refractivity (Wildman–Crippen MR) is 133 cm³/mol. The molecule has 0 unspecified atom stereocenters. The lowest BCUT2D eigenvalue weighted by Gasteiger charge is -2.33. The molecule has 5 nitrogen and oxygen atoms in total. The number of nitriles is 1. The number of allylic oxidation sites excluding steroid dienone is 3. The van der Waals surface area contributed by atoms with Crippen LogP contribution in [0, 0.1) is 32.1 Å². The molecule has 0 saturated carbocycles. The van der Waals surface area contributed by atoms with Gasteiger partial charge in [-0.2, -0.15) is 5.26 Å². The Morgan fingerprint density at radius 2 is 1.94 bits per heavy atom. The van der Waals surface area contributed by atoms with Gasteiger partial charge in [-0.1, -0.05) is 48.2 Å². The Labute approximate surface area is 199 Å². The summed E-state index contributed by atoms with van der Waals surface area (Å²) in [5.41, 5.74) is 6.98. The first kappa shape index (κ1) is 22.9. The fourth-order valence-electron chi connectivity index (χ4n) is 4.45. The van der Waals surface area contributed by atoms with E-state index in [1.165, 1.54) is 11.8 Å². The van der Waals surface area contributed by atoms with Gasteiger partial charge < -0.3 is 10.6 Å². The number of Topliss-reactive ketones (excluding diaryl/α,β-unsaturated/α-hetero) is 1. The van der Waals surface area contributed by atoms with Crippen molar-refractivity contribution < 1.29 is 9.59 Å². The van der Waals surface area contributed by atoms with Gasteiger partial charge >= 0.3 is 0 Å². The first-order valence-corrected chi connectivity index (χ1v) is 12.1. The highest BCUT2D eigenvalue weighted by atomic mass is 32.2. The molecule has 2 aliphatic rings. The van der Waals surface area contributed by atoms with E-state index in [1.54, 1.807) is 0 Å². The number of ketones is 1. The molecule has 1 heterocycles. The van der Waals surface area contributed by atoms with Crippen molar-refractivity contribution in [2.75, 3.05) is 11.1 Å². The van der Waals surface area contributed by atoms with E-state index in [9.17, 15) is 14.9 Å². The molecule has 0 bridgehead atoms. The number of dihydropyridines is 1. The Morgan fingerprint density at radius 1 is 1.15 bits per heavy atom. The first-order valence-electron chi connectivity index (χ1n) is 11.1. The van der Waals surface area contributed by atoms with Crippen LogP contribution in [-0.4, -0.2) is 17.4 Å². The Morgan fingerprint density at radius 3 is 2.70 bits per heavy atom. The summed E-state index contributed by atoms with van der Waals surface area (Å²) in [6.07, 6.45) is 2.06. The van der Waals surface area contributed by atoms with Crippen LogP contribution in [0.3, 0.4) is 0 Å². The number of nitrogens with one attached hydrogen (secondary N) is 2. The maximum Gasteiger partial charge on any atom is 0.234 e. The van der Waals surface area contributed by atoms with Crippen molar-refractivity contribution in [3.63, 3.8) is 0 Å². The quantitative estimate of drug-likeness (QED) is 0.627. The molecule has 1 aliphatic heterocycles. The lowest BCUT2D eigenvalue weighted by atomic mass is 9.76. The summed E-state index contributed by atoms with van der Waals surface area (Å²) < 4.78 is 0. The van der Waals surface area contributed by atoms with Gasteiger partial charge in [0.05, 0.1) is 28.3 Å². The molecule has 33 heavy (non-hydrogen) atoms. The van der Waals surface area contributed by atoms with Crippen molar-refractivity contribution >= 4 is 29.1 Å². The normalized spacial score (nSPS) is 17.9. The average Bonchev–Trinajstić information content (AvgIpc) is 2.79. The molecule has 2 N–H and O–H groups in total. The van der Waals surface area contributed by atoms with Crippen molar-refractivity contribution in [2.24, 2.45) is 0 Å². The fourth-order valence-corrected chi connectivity index (χ4v) is 5.32. The van der Waals surface area contributed by atoms with Crippen LogP contribution in [0.1, 0.15) is 47.4 Å². The third kappa shape index (κ3) is 4.74. The van der Waals surface area contributed by atoms with Crippen LogP contribution in [0.2, 0.25) is 0 Å². The van der Waals surface area contributed by atoms with Gasteiger partial charge in [-0.3, -0.25) is 9.59 Å². The highest BCUT2D eigenvalue weighted by Gasteiger charge is 2.37. The minimum atomic E-state index is -0.398. The number of hydrogen-bond donors (Lipinski definition) is 2. The van der Waals surface area contributed by atoms with Gasteiger partial charge in [0.15, 0.2) is 5.78 Å². The lowest BCUT2D eigenvalue weighted by molar-refractivity contribution is -0.116. The second kappa shape index (κ2) is 9.68. The van der Waals surface area contributed by atoms with Crippen molar-refractivity contribution in [3.8, 4) is 6.07 Å². The van der Waals surface area contributed by atoms with Crippen LogP contribution in [0.4, 0.5) is 5.69 Å². The molecule has 0 aromatic heterocycles. The van der Waals surface area contributed by atoms with Gasteiger partial charge in [0, 0.05) is 23.4 Å². The number of nitrogens with zero attached hydrogens (tertiary/aromatic N) is 1. The molecule has 0 radical (unpaired) electrons. The number of benzene rings is 2. The summed E-state index contributed by atoms with van der Waals surface area (Å²) in [5, 5.41) is 17.1. The Kier molecular flexibility index (Phi) is 6.71. The minimum absolute atomic E-state index is 0.0986. The van der Waals surface area contributed by atoms with E-state index in [0.717, 1.165) is 46.5 Å². The van der Waals surface area contributed by atoms with Crippen LogP contribution in [0.5, 0.6) is 0 Å². The highest BCUT2D eigenvalue weighted by molar-refractivity contribution is 8.03. The third-order valence-electron chi connectivity index (χ3n) is 6.18.